The third-order valence-electron chi connectivity index (χ3n) is 3.08. The van der Waals surface area contributed by atoms with Crippen LogP contribution in [-0.4, -0.2) is 13.2 Å². The van der Waals surface area contributed by atoms with Gasteiger partial charge in [-0.15, -0.1) is 0 Å². The first-order valence-corrected chi connectivity index (χ1v) is 7.98. The molecule has 1 aliphatic heterocycles. The normalized spacial score (nSPS) is 13.0. The molecule has 0 bridgehead atoms. The van der Waals surface area contributed by atoms with Crippen molar-refractivity contribution in [2.24, 2.45) is 0 Å². The fourth-order valence-corrected chi connectivity index (χ4v) is 3.18. The van der Waals surface area contributed by atoms with E-state index in [0.29, 0.717) is 37.0 Å². The Morgan fingerprint density at radius 1 is 1.05 bits per heavy atom. The third-order valence-corrected chi connectivity index (χ3v) is 4.19. The van der Waals surface area contributed by atoms with E-state index < -0.39 is 0 Å². The highest BCUT2D eigenvalue weighted by Crippen LogP contribution is 2.35. The summed E-state index contributed by atoms with van der Waals surface area (Å²) in [5, 5.41) is 0. The van der Waals surface area contributed by atoms with Crippen molar-refractivity contribution in [2.75, 3.05) is 18.9 Å². The van der Waals surface area contributed by atoms with Crippen molar-refractivity contribution in [2.45, 2.75) is 6.61 Å². The van der Waals surface area contributed by atoms with Gasteiger partial charge in [0.25, 0.3) is 0 Å². The molecular formula is C15H13Br2NO3. The lowest BCUT2D eigenvalue weighted by atomic mass is 10.1. The van der Waals surface area contributed by atoms with Crippen molar-refractivity contribution in [3.63, 3.8) is 0 Å². The quantitative estimate of drug-likeness (QED) is 0.766. The smallest absolute Gasteiger partial charge is 0.163 e. The largest absolute Gasteiger partial charge is 0.488 e. The monoisotopic (exact) mass is 413 g/mol. The number of hydrogen-bond donors (Lipinski definition) is 1. The number of rotatable bonds is 3. The number of anilines is 1. The fourth-order valence-electron chi connectivity index (χ4n) is 2.02. The van der Waals surface area contributed by atoms with Crippen molar-refractivity contribution in [1.29, 1.82) is 0 Å². The zero-order valence-corrected chi connectivity index (χ0v) is 14.2. The summed E-state index contributed by atoms with van der Waals surface area (Å²) in [4.78, 5) is 0. The van der Waals surface area contributed by atoms with Crippen molar-refractivity contribution in [1.82, 2.24) is 0 Å². The molecule has 2 aromatic rings. The van der Waals surface area contributed by atoms with Crippen LogP contribution in [0.25, 0.3) is 0 Å². The van der Waals surface area contributed by atoms with Crippen LogP contribution in [0.4, 0.5) is 5.69 Å². The Kier molecular flexibility index (Phi) is 4.26. The lowest BCUT2D eigenvalue weighted by Crippen LogP contribution is -2.16. The zero-order valence-electron chi connectivity index (χ0n) is 11.1. The average molecular weight is 415 g/mol. The third kappa shape index (κ3) is 3.27. The highest BCUT2D eigenvalue weighted by molar-refractivity contribution is 9.11. The maximum absolute atomic E-state index is 6.04. The number of hydrogen-bond acceptors (Lipinski definition) is 4. The van der Waals surface area contributed by atoms with Crippen LogP contribution >= 0.6 is 31.9 Å². The molecule has 3 rings (SSSR count). The van der Waals surface area contributed by atoms with Crippen LogP contribution in [0.15, 0.2) is 39.3 Å². The maximum atomic E-state index is 6.04. The number of fused-ring (bicyclic) bond motifs is 1. The van der Waals surface area contributed by atoms with Gasteiger partial charge in [0.1, 0.15) is 25.6 Å². The first kappa shape index (κ1) is 14.5. The van der Waals surface area contributed by atoms with Crippen LogP contribution in [0.1, 0.15) is 5.56 Å². The van der Waals surface area contributed by atoms with E-state index in [-0.39, 0.29) is 0 Å². The van der Waals surface area contributed by atoms with Crippen LogP contribution in [0.3, 0.4) is 0 Å². The summed E-state index contributed by atoms with van der Waals surface area (Å²) in [6, 6.07) is 9.40. The van der Waals surface area contributed by atoms with Crippen LogP contribution in [0.2, 0.25) is 0 Å². The van der Waals surface area contributed by atoms with E-state index >= 15 is 0 Å². The molecule has 0 saturated carbocycles. The lowest BCUT2D eigenvalue weighted by molar-refractivity contribution is 0.171. The van der Waals surface area contributed by atoms with Gasteiger partial charge in [-0.25, -0.2) is 0 Å². The lowest BCUT2D eigenvalue weighted by Gasteiger charge is -2.20. The van der Waals surface area contributed by atoms with Gasteiger partial charge in [0.15, 0.2) is 11.5 Å². The molecule has 0 radical (unpaired) electrons. The van der Waals surface area contributed by atoms with Gasteiger partial charge in [-0.3, -0.25) is 0 Å². The molecule has 0 amide bonds. The molecule has 0 saturated heterocycles. The molecule has 0 unspecified atom stereocenters. The van der Waals surface area contributed by atoms with Crippen molar-refractivity contribution < 1.29 is 14.2 Å². The summed E-state index contributed by atoms with van der Waals surface area (Å²) in [5.74, 6) is 2.16. The van der Waals surface area contributed by atoms with Gasteiger partial charge < -0.3 is 19.9 Å². The molecule has 0 spiro atoms. The second-order valence-corrected chi connectivity index (χ2v) is 6.33. The average Bonchev–Trinajstić information content (AvgIpc) is 2.46. The minimum Gasteiger partial charge on any atom is -0.488 e. The summed E-state index contributed by atoms with van der Waals surface area (Å²) in [6.07, 6.45) is 0. The topological polar surface area (TPSA) is 53.7 Å². The predicted molar refractivity (Wildman–Crippen MR) is 88.0 cm³/mol. The van der Waals surface area contributed by atoms with Gasteiger partial charge in [0.2, 0.25) is 0 Å². The molecule has 6 heteroatoms. The molecule has 1 heterocycles. The first-order valence-electron chi connectivity index (χ1n) is 6.39. The van der Waals surface area contributed by atoms with E-state index in [4.69, 9.17) is 19.9 Å². The number of benzene rings is 2. The van der Waals surface area contributed by atoms with Gasteiger partial charge in [-0.2, -0.15) is 0 Å². The van der Waals surface area contributed by atoms with Crippen molar-refractivity contribution in [3.05, 3.63) is 44.8 Å². The second kappa shape index (κ2) is 6.15. The van der Waals surface area contributed by atoms with Gasteiger partial charge in [0, 0.05) is 21.8 Å². The van der Waals surface area contributed by atoms with Crippen LogP contribution in [0, 0.1) is 0 Å². The van der Waals surface area contributed by atoms with Crippen LogP contribution < -0.4 is 19.9 Å². The number of nitrogens with two attached hydrogens (primary N) is 1. The standard InChI is InChI=1S/C15H13Br2NO3/c16-10-1-2-13(11(17)6-10)21-8-9-5-14-15(7-12(9)18)20-4-3-19-14/h1-2,5-7H,3-4,8,18H2. The predicted octanol–water partition coefficient (Wildman–Crippen LogP) is 4.14. The highest BCUT2D eigenvalue weighted by atomic mass is 79.9. The molecule has 21 heavy (non-hydrogen) atoms. The Balaban J connectivity index is 1.78. The zero-order chi connectivity index (χ0) is 14.8. The number of ether oxygens (including phenoxy) is 3. The van der Waals surface area contributed by atoms with Crippen molar-refractivity contribution in [3.8, 4) is 17.2 Å². The minimum atomic E-state index is 0.364. The highest BCUT2D eigenvalue weighted by Gasteiger charge is 2.15. The van der Waals surface area contributed by atoms with Gasteiger partial charge in [-0.1, -0.05) is 15.9 Å². The van der Waals surface area contributed by atoms with E-state index in [1.165, 1.54) is 0 Å². The summed E-state index contributed by atoms with van der Waals surface area (Å²) in [7, 11) is 0. The summed E-state index contributed by atoms with van der Waals surface area (Å²) in [5.41, 5.74) is 7.54. The van der Waals surface area contributed by atoms with E-state index in [2.05, 4.69) is 31.9 Å². The summed E-state index contributed by atoms with van der Waals surface area (Å²) >= 11 is 6.88. The van der Waals surface area contributed by atoms with Crippen molar-refractivity contribution >= 4 is 37.5 Å². The molecule has 2 aromatic carbocycles. The van der Waals surface area contributed by atoms with Gasteiger partial charge >= 0.3 is 0 Å². The Morgan fingerprint density at radius 3 is 2.48 bits per heavy atom. The van der Waals surface area contributed by atoms with E-state index in [1.807, 2.05) is 24.3 Å². The van der Waals surface area contributed by atoms with Gasteiger partial charge in [-0.05, 0) is 40.2 Å². The molecule has 0 aliphatic carbocycles. The first-order chi connectivity index (χ1) is 10.1. The molecule has 4 nitrogen and oxygen atoms in total. The maximum Gasteiger partial charge on any atom is 0.163 e. The Morgan fingerprint density at radius 2 is 1.76 bits per heavy atom. The Labute approximate surface area is 139 Å². The molecule has 0 fully saturated rings. The van der Waals surface area contributed by atoms with Gasteiger partial charge in [0.05, 0.1) is 4.47 Å². The van der Waals surface area contributed by atoms with E-state index in [0.717, 1.165) is 20.3 Å². The summed E-state index contributed by atoms with van der Waals surface area (Å²) in [6.45, 7) is 1.46. The molecule has 110 valence electrons. The van der Waals surface area contributed by atoms with Crippen LogP contribution in [-0.2, 0) is 6.61 Å². The SMILES string of the molecule is Nc1cc2c(cc1COc1ccc(Br)cc1Br)OCCO2. The number of halogens is 2. The Hall–Kier alpha value is -1.40. The Bertz CT molecular complexity index is 676. The molecular weight excluding hydrogens is 402 g/mol. The second-order valence-electron chi connectivity index (χ2n) is 4.56. The molecule has 2 N–H and O–H groups in total. The summed E-state index contributed by atoms with van der Waals surface area (Å²) < 4.78 is 18.7. The molecule has 1 aliphatic rings. The minimum absolute atomic E-state index is 0.364. The number of nitrogen functional groups attached to an aromatic ring is 1. The molecule has 0 atom stereocenters. The van der Waals surface area contributed by atoms with E-state index in [9.17, 15) is 0 Å². The van der Waals surface area contributed by atoms with E-state index in [1.54, 1.807) is 6.07 Å². The fraction of sp³-hybridized carbons (Fsp3) is 0.200. The van der Waals surface area contributed by atoms with Crippen LogP contribution in [0.5, 0.6) is 17.2 Å². The molecule has 0 aromatic heterocycles.